The molecule has 0 atom stereocenters. The van der Waals surface area contributed by atoms with E-state index in [2.05, 4.69) is 21.7 Å². The number of benzene rings is 1. The van der Waals surface area contributed by atoms with E-state index in [0.29, 0.717) is 13.1 Å². The van der Waals surface area contributed by atoms with Crippen molar-refractivity contribution in [1.82, 2.24) is 9.88 Å². The number of ether oxygens (including phenoxy) is 1. The van der Waals surface area contributed by atoms with E-state index in [0.717, 1.165) is 27.7 Å². The average molecular weight is 374 g/mol. The molecule has 0 aliphatic heterocycles. The highest BCUT2D eigenvalue weighted by Crippen LogP contribution is 2.26. The van der Waals surface area contributed by atoms with Crippen LogP contribution in [-0.4, -0.2) is 36.5 Å². The van der Waals surface area contributed by atoms with Crippen molar-refractivity contribution in [3.8, 4) is 16.3 Å². The summed E-state index contributed by atoms with van der Waals surface area (Å²) in [5.41, 5.74) is 2.89. The highest BCUT2D eigenvalue weighted by Gasteiger charge is 2.11. The molecule has 130 valence electrons. The zero-order valence-electron chi connectivity index (χ0n) is 14.1. The lowest BCUT2D eigenvalue weighted by Gasteiger charge is -2.15. The second kappa shape index (κ2) is 8.24. The minimum atomic E-state index is -0.0547. The van der Waals surface area contributed by atoms with E-state index >= 15 is 0 Å². The van der Waals surface area contributed by atoms with Crippen LogP contribution in [0, 0.1) is 0 Å². The first kappa shape index (κ1) is 17.6. The smallest absolute Gasteiger partial charge is 0.238 e. The van der Waals surface area contributed by atoms with E-state index in [1.165, 1.54) is 0 Å². The van der Waals surface area contributed by atoms with Gasteiger partial charge in [0.15, 0.2) is 0 Å². The fourth-order valence-electron chi connectivity index (χ4n) is 2.35. The molecule has 0 saturated heterocycles. The Kier molecular flexibility index (Phi) is 5.80. The number of hydrogen-bond donors (Lipinski definition) is 1. The molecule has 5 nitrogen and oxygen atoms in total. The fraction of sp³-hybridized carbons (Fsp3) is 0.222. The summed E-state index contributed by atoms with van der Waals surface area (Å²) in [5, 5.41) is 10.1. The molecule has 3 rings (SSSR count). The number of carbonyl (C=O) groups excluding carboxylic acids is 1. The molecule has 2 heterocycles. The predicted octanol–water partition coefficient (Wildman–Crippen LogP) is 3.95. The average Bonchev–Trinajstić information content (AvgIpc) is 3.26. The highest BCUT2D eigenvalue weighted by molar-refractivity contribution is 7.14. The van der Waals surface area contributed by atoms with Gasteiger partial charge in [-0.05, 0) is 42.8 Å². The Morgan fingerprint density at radius 1 is 1.24 bits per heavy atom. The van der Waals surface area contributed by atoms with Crippen molar-refractivity contribution in [2.24, 2.45) is 0 Å². The number of carbonyl (C=O) groups is 1. The number of amides is 1. The van der Waals surface area contributed by atoms with Crippen molar-refractivity contribution in [3.63, 3.8) is 0 Å². The largest absolute Gasteiger partial charge is 0.497 e. The van der Waals surface area contributed by atoms with Gasteiger partial charge in [0.2, 0.25) is 5.91 Å². The third-order valence-corrected chi connectivity index (χ3v) is 5.16. The molecule has 0 spiro atoms. The van der Waals surface area contributed by atoms with Crippen LogP contribution in [0.15, 0.2) is 46.5 Å². The van der Waals surface area contributed by atoms with Gasteiger partial charge in [-0.15, -0.1) is 11.3 Å². The van der Waals surface area contributed by atoms with Crippen LogP contribution in [0.4, 0.5) is 5.69 Å². The first-order valence-corrected chi connectivity index (χ1v) is 9.55. The lowest BCUT2D eigenvalue weighted by Crippen LogP contribution is -2.29. The van der Waals surface area contributed by atoms with E-state index in [4.69, 9.17) is 4.74 Å². The summed E-state index contributed by atoms with van der Waals surface area (Å²) in [6.07, 6.45) is 0. The minimum absolute atomic E-state index is 0.0547. The quantitative estimate of drug-likeness (QED) is 0.681. The summed E-state index contributed by atoms with van der Waals surface area (Å²) in [6.45, 7) is 0.939. The normalized spacial score (nSPS) is 10.8. The van der Waals surface area contributed by atoms with Crippen molar-refractivity contribution in [2.45, 2.75) is 6.54 Å². The molecule has 0 fully saturated rings. The van der Waals surface area contributed by atoms with Gasteiger partial charge in [-0.3, -0.25) is 9.69 Å². The predicted molar refractivity (Wildman–Crippen MR) is 103 cm³/mol. The van der Waals surface area contributed by atoms with Crippen LogP contribution in [0.3, 0.4) is 0 Å². The van der Waals surface area contributed by atoms with Gasteiger partial charge >= 0.3 is 0 Å². The van der Waals surface area contributed by atoms with E-state index in [9.17, 15) is 4.79 Å². The number of rotatable bonds is 7. The Morgan fingerprint density at radius 3 is 2.72 bits per heavy atom. The van der Waals surface area contributed by atoms with Crippen molar-refractivity contribution in [3.05, 3.63) is 52.2 Å². The Bertz CT molecular complexity index is 813. The van der Waals surface area contributed by atoms with Crippen LogP contribution in [0.2, 0.25) is 0 Å². The molecule has 1 aromatic carbocycles. The van der Waals surface area contributed by atoms with Gasteiger partial charge < -0.3 is 10.1 Å². The van der Waals surface area contributed by atoms with E-state index in [1.54, 1.807) is 29.8 Å². The van der Waals surface area contributed by atoms with E-state index < -0.39 is 0 Å². The van der Waals surface area contributed by atoms with Gasteiger partial charge in [0.05, 0.1) is 19.3 Å². The molecule has 0 saturated carbocycles. The second-order valence-electron chi connectivity index (χ2n) is 5.60. The summed E-state index contributed by atoms with van der Waals surface area (Å²) in [7, 11) is 3.53. The van der Waals surface area contributed by atoms with Crippen molar-refractivity contribution < 1.29 is 9.53 Å². The Labute approximate surface area is 154 Å². The number of hydrogen-bond acceptors (Lipinski definition) is 6. The Balaban J connectivity index is 1.51. The molecule has 1 N–H and O–H groups in total. The fourth-order valence-corrected chi connectivity index (χ4v) is 3.87. The van der Waals surface area contributed by atoms with Crippen LogP contribution < -0.4 is 10.1 Å². The van der Waals surface area contributed by atoms with Gasteiger partial charge in [0, 0.05) is 28.6 Å². The molecule has 0 unspecified atom stereocenters. The van der Waals surface area contributed by atoms with Crippen molar-refractivity contribution >= 4 is 34.3 Å². The molecule has 2 aromatic heterocycles. The second-order valence-corrected chi connectivity index (χ2v) is 7.24. The molecular weight excluding hydrogens is 354 g/mol. The van der Waals surface area contributed by atoms with Gasteiger partial charge in [-0.2, -0.15) is 11.3 Å². The maximum atomic E-state index is 12.2. The minimum Gasteiger partial charge on any atom is -0.497 e. The summed E-state index contributed by atoms with van der Waals surface area (Å²) in [6, 6.07) is 9.36. The molecule has 7 heteroatoms. The number of likely N-dealkylation sites (N-methyl/N-ethyl adjacent to an activating group) is 1. The maximum absolute atomic E-state index is 12.2. The Morgan fingerprint density at radius 2 is 2.04 bits per heavy atom. The molecule has 25 heavy (non-hydrogen) atoms. The third-order valence-electron chi connectivity index (χ3n) is 3.54. The topological polar surface area (TPSA) is 54.5 Å². The first-order valence-electron chi connectivity index (χ1n) is 7.73. The lowest BCUT2D eigenvalue weighted by molar-refractivity contribution is -0.117. The number of methoxy groups -OCH3 is 1. The molecule has 0 radical (unpaired) electrons. The van der Waals surface area contributed by atoms with Crippen LogP contribution in [0.5, 0.6) is 5.75 Å². The van der Waals surface area contributed by atoms with Gasteiger partial charge in [-0.1, -0.05) is 0 Å². The van der Waals surface area contributed by atoms with Gasteiger partial charge in [-0.25, -0.2) is 4.98 Å². The standard InChI is InChI=1S/C18H19N3O2S2/c1-21(9-15-12-25-18(20-15)13-7-8-24-11-13)10-17(22)19-14-3-5-16(23-2)6-4-14/h3-8,11-12H,9-10H2,1-2H3,(H,19,22). The highest BCUT2D eigenvalue weighted by atomic mass is 32.1. The molecule has 0 bridgehead atoms. The number of thiazole rings is 1. The van der Waals surface area contributed by atoms with Crippen LogP contribution in [-0.2, 0) is 11.3 Å². The molecule has 0 aliphatic rings. The lowest BCUT2D eigenvalue weighted by atomic mass is 10.3. The first-order chi connectivity index (χ1) is 12.1. The number of nitrogens with zero attached hydrogens (tertiary/aromatic N) is 2. The summed E-state index contributed by atoms with van der Waals surface area (Å²) in [5.74, 6) is 0.709. The SMILES string of the molecule is COc1ccc(NC(=O)CN(C)Cc2csc(-c3ccsc3)n2)cc1. The molecule has 3 aromatic rings. The van der Waals surface area contributed by atoms with E-state index in [-0.39, 0.29) is 5.91 Å². The zero-order valence-corrected chi connectivity index (χ0v) is 15.7. The van der Waals surface area contributed by atoms with E-state index in [1.807, 2.05) is 47.0 Å². The Hall–Kier alpha value is -2.22. The van der Waals surface area contributed by atoms with Crippen molar-refractivity contribution in [2.75, 3.05) is 26.0 Å². The number of anilines is 1. The van der Waals surface area contributed by atoms with Crippen LogP contribution >= 0.6 is 22.7 Å². The third kappa shape index (κ3) is 4.88. The summed E-state index contributed by atoms with van der Waals surface area (Å²) in [4.78, 5) is 18.7. The van der Waals surface area contributed by atoms with Crippen molar-refractivity contribution in [1.29, 1.82) is 0 Å². The van der Waals surface area contributed by atoms with Gasteiger partial charge in [0.1, 0.15) is 10.8 Å². The number of nitrogens with one attached hydrogen (secondary N) is 1. The molecule has 0 aliphatic carbocycles. The van der Waals surface area contributed by atoms with Crippen LogP contribution in [0.25, 0.3) is 10.6 Å². The molecular formula is C18H19N3O2S2. The zero-order chi connectivity index (χ0) is 17.6. The monoisotopic (exact) mass is 373 g/mol. The summed E-state index contributed by atoms with van der Waals surface area (Å²) < 4.78 is 5.11. The molecule has 1 amide bonds. The van der Waals surface area contributed by atoms with Crippen LogP contribution in [0.1, 0.15) is 5.69 Å². The van der Waals surface area contributed by atoms with Gasteiger partial charge in [0.25, 0.3) is 0 Å². The number of aromatic nitrogens is 1. The number of thiophene rings is 1. The maximum Gasteiger partial charge on any atom is 0.238 e. The summed E-state index contributed by atoms with van der Waals surface area (Å²) >= 11 is 3.30.